The Morgan fingerprint density at radius 1 is 1.00 bits per heavy atom. The van der Waals surface area contributed by atoms with Crippen molar-refractivity contribution in [3.63, 3.8) is 0 Å². The zero-order chi connectivity index (χ0) is 21.2. The summed E-state index contributed by atoms with van der Waals surface area (Å²) in [6.07, 6.45) is 8.85. The van der Waals surface area contributed by atoms with Crippen molar-refractivity contribution in [2.45, 2.75) is 32.2 Å². The molecule has 0 bridgehead atoms. The average molecular weight is 434 g/mol. The van der Waals surface area contributed by atoms with Gasteiger partial charge in [0.1, 0.15) is 0 Å². The number of hydrogen-bond donors (Lipinski definition) is 0. The fourth-order valence-electron chi connectivity index (χ4n) is 4.20. The lowest BCUT2D eigenvalue weighted by molar-refractivity contribution is 0.697. The monoisotopic (exact) mass is 433 g/mol. The maximum atomic E-state index is 12.8. The molecule has 0 atom stereocenters. The second-order valence-electron chi connectivity index (χ2n) is 7.91. The van der Waals surface area contributed by atoms with Crippen LogP contribution in [0.15, 0.2) is 59.4 Å². The molecular formula is C24H24ClN5O. The van der Waals surface area contributed by atoms with Crippen LogP contribution in [-0.4, -0.2) is 32.3 Å². The molecule has 2 aromatic carbocycles. The first-order chi connectivity index (χ1) is 15.2. The summed E-state index contributed by atoms with van der Waals surface area (Å²) in [5.74, 6) is 1.39. The SMILES string of the molecule is O=c1nc2n(C/C=C/c3ccccc3)nc(N3CCCCCC3)n2c2ccc(Cl)cc12. The van der Waals surface area contributed by atoms with Gasteiger partial charge in [-0.2, -0.15) is 4.98 Å². The van der Waals surface area contributed by atoms with Gasteiger partial charge in [-0.3, -0.25) is 4.79 Å². The van der Waals surface area contributed by atoms with Crippen LogP contribution in [0.3, 0.4) is 0 Å². The highest BCUT2D eigenvalue weighted by Gasteiger charge is 2.21. The third kappa shape index (κ3) is 3.95. The van der Waals surface area contributed by atoms with Gasteiger partial charge in [-0.25, -0.2) is 9.08 Å². The number of halogens is 1. The molecule has 1 aliphatic heterocycles. The summed E-state index contributed by atoms with van der Waals surface area (Å²) in [6, 6.07) is 15.5. The van der Waals surface area contributed by atoms with Gasteiger partial charge in [0.05, 0.1) is 17.4 Å². The predicted octanol–water partition coefficient (Wildman–Crippen LogP) is 4.79. The summed E-state index contributed by atoms with van der Waals surface area (Å²) < 4.78 is 3.82. The molecule has 0 unspecified atom stereocenters. The Morgan fingerprint density at radius 2 is 1.77 bits per heavy atom. The summed E-state index contributed by atoms with van der Waals surface area (Å²) in [5, 5.41) is 5.96. The van der Waals surface area contributed by atoms with Crippen LogP contribution in [0.5, 0.6) is 0 Å². The van der Waals surface area contributed by atoms with Crippen LogP contribution in [0.1, 0.15) is 31.2 Å². The molecule has 0 saturated carbocycles. The lowest BCUT2D eigenvalue weighted by Gasteiger charge is -2.20. The Kier molecular flexibility index (Phi) is 5.47. The molecule has 3 heterocycles. The molecule has 158 valence electrons. The van der Waals surface area contributed by atoms with E-state index < -0.39 is 0 Å². The number of aromatic nitrogens is 4. The highest BCUT2D eigenvalue weighted by atomic mass is 35.5. The number of anilines is 1. The predicted molar refractivity (Wildman–Crippen MR) is 126 cm³/mol. The van der Waals surface area contributed by atoms with Crippen molar-refractivity contribution in [1.29, 1.82) is 0 Å². The third-order valence-electron chi connectivity index (χ3n) is 5.75. The number of hydrogen-bond acceptors (Lipinski definition) is 4. The van der Waals surface area contributed by atoms with E-state index in [2.05, 4.69) is 28.1 Å². The zero-order valence-electron chi connectivity index (χ0n) is 17.2. The van der Waals surface area contributed by atoms with Crippen molar-refractivity contribution in [3.05, 3.63) is 75.5 Å². The molecule has 5 rings (SSSR count). The molecule has 1 aliphatic rings. The number of nitrogens with zero attached hydrogens (tertiary/aromatic N) is 5. The van der Waals surface area contributed by atoms with Crippen molar-refractivity contribution >= 4 is 40.3 Å². The maximum Gasteiger partial charge on any atom is 0.282 e. The summed E-state index contributed by atoms with van der Waals surface area (Å²) in [7, 11) is 0. The zero-order valence-corrected chi connectivity index (χ0v) is 18.0. The largest absolute Gasteiger partial charge is 0.341 e. The van der Waals surface area contributed by atoms with E-state index in [9.17, 15) is 4.79 Å². The van der Waals surface area contributed by atoms with E-state index in [1.807, 2.05) is 45.5 Å². The first kappa shape index (κ1) is 19.8. The Balaban J connectivity index is 1.65. The van der Waals surface area contributed by atoms with Gasteiger partial charge in [-0.05, 0) is 36.6 Å². The van der Waals surface area contributed by atoms with E-state index in [1.54, 1.807) is 6.07 Å². The van der Waals surface area contributed by atoms with Gasteiger partial charge in [0, 0.05) is 18.1 Å². The molecule has 0 spiro atoms. The molecule has 31 heavy (non-hydrogen) atoms. The van der Waals surface area contributed by atoms with Gasteiger partial charge in [-0.1, -0.05) is 66.9 Å². The Bertz CT molecular complexity index is 1300. The minimum absolute atomic E-state index is 0.284. The molecular weight excluding hydrogens is 410 g/mol. The van der Waals surface area contributed by atoms with Crippen molar-refractivity contribution in [2.75, 3.05) is 18.0 Å². The smallest absolute Gasteiger partial charge is 0.282 e. The van der Waals surface area contributed by atoms with Crippen LogP contribution in [0.4, 0.5) is 5.95 Å². The number of rotatable bonds is 4. The topological polar surface area (TPSA) is 55.4 Å². The molecule has 0 N–H and O–H groups in total. The fourth-order valence-corrected chi connectivity index (χ4v) is 4.37. The Morgan fingerprint density at radius 3 is 2.55 bits per heavy atom. The van der Waals surface area contributed by atoms with E-state index >= 15 is 0 Å². The van der Waals surface area contributed by atoms with Crippen molar-refractivity contribution in [2.24, 2.45) is 0 Å². The first-order valence-electron chi connectivity index (χ1n) is 10.8. The molecule has 2 aromatic heterocycles. The molecule has 1 saturated heterocycles. The highest BCUT2D eigenvalue weighted by Crippen LogP contribution is 2.24. The lowest BCUT2D eigenvalue weighted by atomic mass is 10.2. The second kappa shape index (κ2) is 8.55. The molecule has 7 heteroatoms. The summed E-state index contributed by atoms with van der Waals surface area (Å²) in [5.41, 5.74) is 1.63. The van der Waals surface area contributed by atoms with E-state index in [0.29, 0.717) is 22.7 Å². The van der Waals surface area contributed by atoms with Crippen molar-refractivity contribution in [3.8, 4) is 0 Å². The van der Waals surface area contributed by atoms with Crippen LogP contribution >= 0.6 is 11.6 Å². The van der Waals surface area contributed by atoms with Crippen molar-refractivity contribution < 1.29 is 0 Å². The van der Waals surface area contributed by atoms with Crippen LogP contribution in [0.25, 0.3) is 22.8 Å². The number of benzene rings is 2. The fraction of sp³-hybridized carbons (Fsp3) is 0.292. The number of fused-ring (bicyclic) bond motifs is 3. The van der Waals surface area contributed by atoms with E-state index in [1.165, 1.54) is 12.8 Å². The summed E-state index contributed by atoms with van der Waals surface area (Å²) in [6.45, 7) is 2.43. The highest BCUT2D eigenvalue weighted by molar-refractivity contribution is 6.31. The van der Waals surface area contributed by atoms with E-state index in [0.717, 1.165) is 43.0 Å². The van der Waals surface area contributed by atoms with Crippen LogP contribution in [0, 0.1) is 0 Å². The van der Waals surface area contributed by atoms with Gasteiger partial charge >= 0.3 is 0 Å². The average Bonchev–Trinajstić information content (AvgIpc) is 2.95. The molecule has 6 nitrogen and oxygen atoms in total. The Labute approximate surface area is 185 Å². The molecule has 0 aliphatic carbocycles. The summed E-state index contributed by atoms with van der Waals surface area (Å²) in [4.78, 5) is 19.5. The minimum Gasteiger partial charge on any atom is -0.341 e. The van der Waals surface area contributed by atoms with Gasteiger partial charge in [-0.15, -0.1) is 5.10 Å². The van der Waals surface area contributed by atoms with Crippen molar-refractivity contribution in [1.82, 2.24) is 19.2 Å². The van der Waals surface area contributed by atoms with E-state index in [-0.39, 0.29) is 5.56 Å². The van der Waals surface area contributed by atoms with Crippen LogP contribution in [0.2, 0.25) is 5.02 Å². The quantitative estimate of drug-likeness (QED) is 0.464. The first-order valence-corrected chi connectivity index (χ1v) is 11.1. The van der Waals surface area contributed by atoms with E-state index in [4.69, 9.17) is 16.7 Å². The van der Waals surface area contributed by atoms with Gasteiger partial charge in [0.2, 0.25) is 11.7 Å². The Hall–Kier alpha value is -3.12. The second-order valence-corrected chi connectivity index (χ2v) is 8.35. The normalized spacial score (nSPS) is 15.2. The van der Waals surface area contributed by atoms with Crippen LogP contribution in [-0.2, 0) is 6.54 Å². The van der Waals surface area contributed by atoms with Crippen LogP contribution < -0.4 is 10.5 Å². The summed E-state index contributed by atoms with van der Waals surface area (Å²) >= 11 is 6.17. The molecule has 0 amide bonds. The number of allylic oxidation sites excluding steroid dienone is 1. The lowest BCUT2D eigenvalue weighted by Crippen LogP contribution is -2.26. The van der Waals surface area contributed by atoms with Gasteiger partial charge in [0.15, 0.2) is 0 Å². The maximum absolute atomic E-state index is 12.8. The van der Waals surface area contributed by atoms with Gasteiger partial charge < -0.3 is 4.90 Å². The minimum atomic E-state index is -0.284. The molecule has 1 fully saturated rings. The standard InChI is InChI=1S/C24H24ClN5O/c25-19-12-13-21-20(17-19)22(31)26-23-29(16-8-11-18-9-4-3-5-10-18)27-24(30(21)23)28-14-6-1-2-7-15-28/h3-5,8-13,17H,1-2,6-7,14-16H2/b11-8+. The molecule has 0 radical (unpaired) electrons. The molecule has 4 aromatic rings. The van der Waals surface area contributed by atoms with Gasteiger partial charge in [0.25, 0.3) is 5.56 Å². The third-order valence-corrected chi connectivity index (χ3v) is 5.98.